The van der Waals surface area contributed by atoms with Gasteiger partial charge in [0.25, 0.3) is 0 Å². The van der Waals surface area contributed by atoms with Gasteiger partial charge in [-0.05, 0) is 36.5 Å². The molecular weight excluding hydrogens is 341 g/mol. The Labute approximate surface area is 177 Å². The van der Waals surface area contributed by atoms with E-state index in [0.29, 0.717) is 16.6 Å². The van der Waals surface area contributed by atoms with Gasteiger partial charge in [-0.2, -0.15) is 0 Å². The maximum atomic E-state index is 9.62. The Morgan fingerprint density at radius 3 is 2.04 bits per heavy atom. The summed E-state index contributed by atoms with van der Waals surface area (Å²) >= 11 is 0. The SMILES string of the molecule is CCCC(C)(CC(C)CC)C(CCC(C)(C)B1C2CCCC1CCC2)CNO. The lowest BCUT2D eigenvalue weighted by atomic mass is 9.18. The van der Waals surface area contributed by atoms with E-state index in [1.165, 1.54) is 77.0 Å². The molecule has 28 heavy (non-hydrogen) atoms. The fourth-order valence-electron chi connectivity index (χ4n) is 7.46. The summed E-state index contributed by atoms with van der Waals surface area (Å²) in [6.45, 7) is 16.4. The summed E-state index contributed by atoms with van der Waals surface area (Å²) in [5, 5.41) is 10.1. The molecule has 2 rings (SSSR count). The zero-order valence-electron chi connectivity index (χ0n) is 20.0. The molecule has 0 spiro atoms. The molecule has 2 nitrogen and oxygen atoms in total. The number of hydrogen-bond donors (Lipinski definition) is 2. The zero-order chi connectivity index (χ0) is 20.8. The zero-order valence-corrected chi connectivity index (χ0v) is 20.0. The Bertz CT molecular complexity index is 432. The Balaban J connectivity index is 2.09. The maximum absolute atomic E-state index is 9.62. The molecule has 2 heterocycles. The van der Waals surface area contributed by atoms with Crippen molar-refractivity contribution in [2.75, 3.05) is 6.54 Å². The van der Waals surface area contributed by atoms with Crippen LogP contribution < -0.4 is 5.48 Å². The standard InChI is InChI=1S/C25H50BNO/c1-7-16-25(6,18-20(3)8-2)21(19-27-28)15-17-24(4,5)26-22-11-9-12-23(26)14-10-13-22/h20-23,27-28H,7-19H2,1-6H3. The lowest BCUT2D eigenvalue weighted by molar-refractivity contribution is 0.0645. The highest BCUT2D eigenvalue weighted by molar-refractivity contribution is 6.65. The largest absolute Gasteiger partial charge is 0.317 e. The summed E-state index contributed by atoms with van der Waals surface area (Å²) in [5.41, 5.74) is 2.91. The smallest absolute Gasteiger partial charge is 0.152 e. The second-order valence-electron chi connectivity index (χ2n) is 11.6. The first-order valence-corrected chi connectivity index (χ1v) is 12.6. The highest BCUT2D eigenvalue weighted by Crippen LogP contribution is 2.57. The van der Waals surface area contributed by atoms with Gasteiger partial charge >= 0.3 is 0 Å². The molecule has 0 radical (unpaired) electrons. The molecular formula is C25H50BNO. The van der Waals surface area contributed by atoms with Gasteiger partial charge in [0, 0.05) is 6.54 Å². The number of nitrogens with one attached hydrogen (secondary N) is 1. The van der Waals surface area contributed by atoms with Crippen LogP contribution in [-0.2, 0) is 0 Å². The van der Waals surface area contributed by atoms with Gasteiger partial charge in [0.05, 0.1) is 0 Å². The van der Waals surface area contributed by atoms with E-state index < -0.39 is 0 Å². The normalized spacial score (nSPS) is 27.3. The molecule has 164 valence electrons. The summed E-state index contributed by atoms with van der Waals surface area (Å²) in [6, 6.07) is 0. The van der Waals surface area contributed by atoms with E-state index in [-0.39, 0.29) is 0 Å². The van der Waals surface area contributed by atoms with Gasteiger partial charge in [-0.15, -0.1) is 0 Å². The van der Waals surface area contributed by atoms with Crippen molar-refractivity contribution in [1.82, 2.24) is 5.48 Å². The molecule has 2 saturated heterocycles. The number of hydroxylamine groups is 1. The Hall–Kier alpha value is -0.0151. The molecule has 3 heteroatoms. The van der Waals surface area contributed by atoms with Crippen LogP contribution in [0.5, 0.6) is 0 Å². The van der Waals surface area contributed by atoms with Crippen molar-refractivity contribution in [3.8, 4) is 0 Å². The second kappa shape index (κ2) is 10.8. The van der Waals surface area contributed by atoms with E-state index in [9.17, 15) is 5.21 Å². The van der Waals surface area contributed by atoms with Crippen molar-refractivity contribution in [3.05, 3.63) is 0 Å². The quantitative estimate of drug-likeness (QED) is 0.261. The van der Waals surface area contributed by atoms with Crippen molar-refractivity contribution in [2.45, 2.75) is 136 Å². The third-order valence-electron chi connectivity index (χ3n) is 9.01. The van der Waals surface area contributed by atoms with Crippen molar-refractivity contribution < 1.29 is 5.21 Å². The van der Waals surface area contributed by atoms with Crippen molar-refractivity contribution in [1.29, 1.82) is 0 Å². The minimum absolute atomic E-state index is 0.332. The molecule has 0 amide bonds. The Kier molecular flexibility index (Phi) is 9.40. The highest BCUT2D eigenvalue weighted by atomic mass is 16.5. The van der Waals surface area contributed by atoms with Crippen LogP contribution in [0.4, 0.5) is 0 Å². The van der Waals surface area contributed by atoms with Crippen LogP contribution in [0, 0.1) is 17.3 Å². The summed E-state index contributed by atoms with van der Waals surface area (Å²) in [7, 11) is 0. The summed E-state index contributed by atoms with van der Waals surface area (Å²) in [4.78, 5) is 0. The maximum Gasteiger partial charge on any atom is 0.152 e. The fraction of sp³-hybridized carbons (Fsp3) is 1.00. The molecule has 2 fully saturated rings. The molecule has 2 N–H and O–H groups in total. The van der Waals surface area contributed by atoms with Crippen molar-refractivity contribution in [3.63, 3.8) is 0 Å². The van der Waals surface area contributed by atoms with E-state index in [4.69, 9.17) is 0 Å². The van der Waals surface area contributed by atoms with Crippen LogP contribution in [0.3, 0.4) is 0 Å². The summed E-state index contributed by atoms with van der Waals surface area (Å²) < 4.78 is 0. The lowest BCUT2D eigenvalue weighted by Crippen LogP contribution is -2.43. The van der Waals surface area contributed by atoms with E-state index in [1.54, 1.807) is 0 Å². The van der Waals surface area contributed by atoms with Gasteiger partial charge in [-0.25, -0.2) is 5.48 Å². The lowest BCUT2D eigenvalue weighted by Gasteiger charge is -2.49. The highest BCUT2D eigenvalue weighted by Gasteiger charge is 2.47. The topological polar surface area (TPSA) is 32.3 Å². The minimum Gasteiger partial charge on any atom is -0.317 e. The van der Waals surface area contributed by atoms with Crippen LogP contribution in [0.25, 0.3) is 0 Å². The molecule has 0 aromatic rings. The molecule has 2 bridgehead atoms. The molecule has 0 aliphatic carbocycles. The molecule has 2 aliphatic rings. The van der Waals surface area contributed by atoms with Crippen molar-refractivity contribution >= 4 is 6.71 Å². The van der Waals surface area contributed by atoms with Crippen LogP contribution in [-0.4, -0.2) is 18.5 Å². The number of fused-ring (bicyclic) bond motifs is 2. The van der Waals surface area contributed by atoms with Gasteiger partial charge in [0.2, 0.25) is 0 Å². The fourth-order valence-corrected chi connectivity index (χ4v) is 7.46. The van der Waals surface area contributed by atoms with Gasteiger partial charge in [0.1, 0.15) is 0 Å². The first-order chi connectivity index (χ1) is 13.3. The third-order valence-corrected chi connectivity index (χ3v) is 9.01. The predicted molar refractivity (Wildman–Crippen MR) is 125 cm³/mol. The van der Waals surface area contributed by atoms with Crippen LogP contribution >= 0.6 is 0 Å². The van der Waals surface area contributed by atoms with E-state index in [0.717, 1.165) is 30.8 Å². The van der Waals surface area contributed by atoms with Gasteiger partial charge in [-0.1, -0.05) is 116 Å². The molecule has 0 saturated carbocycles. The predicted octanol–water partition coefficient (Wildman–Crippen LogP) is 7.99. The summed E-state index contributed by atoms with van der Waals surface area (Å²) in [5.74, 6) is 3.30. The summed E-state index contributed by atoms with van der Waals surface area (Å²) in [6.07, 6.45) is 16.5. The molecule has 0 aromatic heterocycles. The van der Waals surface area contributed by atoms with Gasteiger partial charge < -0.3 is 5.21 Å². The molecule has 0 aromatic carbocycles. The second-order valence-corrected chi connectivity index (χ2v) is 11.6. The van der Waals surface area contributed by atoms with Crippen LogP contribution in [0.2, 0.25) is 16.9 Å². The number of hydrogen-bond acceptors (Lipinski definition) is 2. The van der Waals surface area contributed by atoms with E-state index in [1.807, 2.05) is 0 Å². The first kappa shape index (κ1) is 24.3. The van der Waals surface area contributed by atoms with Gasteiger partial charge in [-0.3, -0.25) is 0 Å². The van der Waals surface area contributed by atoms with Crippen LogP contribution in [0.15, 0.2) is 0 Å². The molecule has 3 unspecified atom stereocenters. The first-order valence-electron chi connectivity index (χ1n) is 12.6. The van der Waals surface area contributed by atoms with Crippen LogP contribution in [0.1, 0.15) is 119 Å². The third kappa shape index (κ3) is 6.00. The molecule has 2 aliphatic heterocycles. The monoisotopic (exact) mass is 391 g/mol. The van der Waals surface area contributed by atoms with E-state index >= 15 is 0 Å². The minimum atomic E-state index is 0.332. The average Bonchev–Trinajstić information content (AvgIpc) is 2.64. The van der Waals surface area contributed by atoms with Crippen molar-refractivity contribution in [2.24, 2.45) is 17.3 Å². The number of rotatable bonds is 12. The van der Waals surface area contributed by atoms with Gasteiger partial charge in [0.15, 0.2) is 6.71 Å². The molecule has 3 atom stereocenters. The Morgan fingerprint density at radius 2 is 1.57 bits per heavy atom. The Morgan fingerprint density at radius 1 is 1.00 bits per heavy atom. The van der Waals surface area contributed by atoms with E-state index in [2.05, 4.69) is 47.0 Å². The average molecular weight is 391 g/mol.